The third-order valence-corrected chi connectivity index (χ3v) is 7.66. The van der Waals surface area contributed by atoms with Crippen LogP contribution in [-0.2, 0) is 17.6 Å². The topological polar surface area (TPSA) is 77.5 Å². The molecule has 1 fully saturated rings. The minimum absolute atomic E-state index is 0.0420. The zero-order chi connectivity index (χ0) is 28.9. The van der Waals surface area contributed by atoms with E-state index in [1.165, 1.54) is 11.6 Å². The normalized spacial score (nSPS) is 20.2. The zero-order valence-corrected chi connectivity index (χ0v) is 24.6. The number of carbonyl (C=O) groups is 1. The molecule has 1 aromatic heterocycles. The van der Waals surface area contributed by atoms with Crippen molar-refractivity contribution < 1.29 is 13.6 Å². The number of rotatable bonds is 11. The lowest BCUT2D eigenvalue weighted by Gasteiger charge is -2.27. The van der Waals surface area contributed by atoms with Crippen molar-refractivity contribution in [2.24, 2.45) is 5.41 Å². The van der Waals surface area contributed by atoms with Gasteiger partial charge in [-0.2, -0.15) is 0 Å². The quantitative estimate of drug-likeness (QED) is 0.288. The Balaban J connectivity index is 1.31. The minimum atomic E-state index is -0.542. The van der Waals surface area contributed by atoms with E-state index in [-0.39, 0.29) is 23.9 Å². The number of halogens is 2. The number of nitrogens with one attached hydrogen (secondary N) is 3. The number of hydrogen-bond acceptors (Lipinski definition) is 6. The van der Waals surface area contributed by atoms with Gasteiger partial charge in [0.05, 0.1) is 25.5 Å². The van der Waals surface area contributed by atoms with Crippen LogP contribution in [0.5, 0.6) is 0 Å². The van der Waals surface area contributed by atoms with Crippen molar-refractivity contribution in [3.05, 3.63) is 59.1 Å². The van der Waals surface area contributed by atoms with Crippen molar-refractivity contribution in [2.45, 2.75) is 72.4 Å². The lowest BCUT2D eigenvalue weighted by Crippen LogP contribution is -2.41. The highest BCUT2D eigenvalue weighted by atomic mass is 19.1. The van der Waals surface area contributed by atoms with Crippen LogP contribution >= 0.6 is 0 Å². The van der Waals surface area contributed by atoms with Crippen LogP contribution in [0.1, 0.15) is 58.6 Å². The average molecular weight is 558 g/mol. The van der Waals surface area contributed by atoms with Gasteiger partial charge in [-0.1, -0.05) is 32.4 Å². The van der Waals surface area contributed by atoms with E-state index in [1.54, 1.807) is 6.33 Å². The molecule has 1 amide bonds. The van der Waals surface area contributed by atoms with Gasteiger partial charge in [-0.05, 0) is 75.2 Å². The summed E-state index contributed by atoms with van der Waals surface area (Å²) >= 11 is 0. The molecule has 1 unspecified atom stereocenters. The van der Waals surface area contributed by atoms with Gasteiger partial charge in [-0.15, -0.1) is 0 Å². The first-order valence-corrected chi connectivity index (χ1v) is 14.4. The second-order valence-electron chi connectivity index (χ2n) is 12.4. The van der Waals surface area contributed by atoms with Crippen LogP contribution < -0.4 is 21.0 Å². The molecule has 0 radical (unpaired) electrons. The Labute approximate surface area is 237 Å². The van der Waals surface area contributed by atoms with E-state index in [0.29, 0.717) is 30.3 Å². The van der Waals surface area contributed by atoms with E-state index in [2.05, 4.69) is 71.5 Å². The van der Waals surface area contributed by atoms with Crippen LogP contribution in [-0.4, -0.2) is 71.9 Å². The molecule has 1 aromatic carbocycles. The molecule has 1 aliphatic heterocycles. The van der Waals surface area contributed by atoms with Crippen LogP contribution in [0.15, 0.2) is 36.3 Å². The lowest BCUT2D eigenvalue weighted by molar-refractivity contribution is -0.115. The smallest absolute Gasteiger partial charge is 0.239 e. The first-order chi connectivity index (χ1) is 19.0. The Kier molecular flexibility index (Phi) is 9.97. The number of amides is 1. The van der Waals surface area contributed by atoms with E-state index in [4.69, 9.17) is 0 Å². The highest BCUT2D eigenvalue weighted by molar-refractivity contribution is 5.91. The molecule has 0 spiro atoms. The van der Waals surface area contributed by atoms with Gasteiger partial charge in [0.25, 0.3) is 0 Å². The Morgan fingerprint density at radius 3 is 2.80 bits per heavy atom. The number of aryl methyl sites for hydroxylation is 1. The maximum absolute atomic E-state index is 14.2. The predicted octanol–water partition coefficient (Wildman–Crippen LogP) is 3.82. The number of hydrogen-bond donors (Lipinski definition) is 3. The summed E-state index contributed by atoms with van der Waals surface area (Å²) in [4.78, 5) is 19.6. The van der Waals surface area contributed by atoms with E-state index >= 15 is 0 Å². The first-order valence-electron chi connectivity index (χ1n) is 14.4. The van der Waals surface area contributed by atoms with Crippen molar-refractivity contribution in [3.8, 4) is 0 Å². The summed E-state index contributed by atoms with van der Waals surface area (Å²) in [6, 6.07) is 2.61. The van der Waals surface area contributed by atoms with Gasteiger partial charge in [0.1, 0.15) is 18.0 Å². The van der Waals surface area contributed by atoms with E-state index in [1.807, 2.05) is 10.9 Å². The molecular formula is C30H45F2N7O. The molecule has 8 nitrogen and oxygen atoms in total. The summed E-state index contributed by atoms with van der Waals surface area (Å²) in [5.74, 6) is -0.763. The largest absolute Gasteiger partial charge is 0.316 e. The molecule has 4 rings (SSSR count). The number of benzene rings is 1. The Morgan fingerprint density at radius 1 is 1.25 bits per heavy atom. The number of aromatic nitrogens is 2. The summed E-state index contributed by atoms with van der Waals surface area (Å²) in [6.45, 7) is 15.6. The summed E-state index contributed by atoms with van der Waals surface area (Å²) in [7, 11) is 0. The summed E-state index contributed by atoms with van der Waals surface area (Å²) in [6.07, 6.45) is 8.52. The molecule has 2 atom stereocenters. The van der Waals surface area contributed by atoms with Crippen LogP contribution in [0.4, 0.5) is 14.6 Å². The number of imidazole rings is 1. The van der Waals surface area contributed by atoms with Gasteiger partial charge >= 0.3 is 0 Å². The van der Waals surface area contributed by atoms with Gasteiger partial charge in [0, 0.05) is 25.2 Å². The fourth-order valence-electron chi connectivity index (χ4n) is 5.47. The fraction of sp³-hybridized carbons (Fsp3) is 0.600. The molecule has 10 heteroatoms. The van der Waals surface area contributed by atoms with Crippen LogP contribution in [0.25, 0.3) is 0 Å². The Hall–Kier alpha value is -2.82. The molecule has 1 saturated heterocycles. The van der Waals surface area contributed by atoms with E-state index in [0.717, 1.165) is 57.3 Å². The molecule has 2 aromatic rings. The fourth-order valence-corrected chi connectivity index (χ4v) is 5.47. The average Bonchev–Trinajstić information content (AvgIpc) is 3.51. The maximum atomic E-state index is 14.2. The maximum Gasteiger partial charge on any atom is 0.239 e. The van der Waals surface area contributed by atoms with Crippen molar-refractivity contribution in [1.29, 1.82) is 0 Å². The lowest BCUT2D eigenvalue weighted by atomic mass is 9.88. The third-order valence-electron chi connectivity index (χ3n) is 7.66. The Bertz CT molecular complexity index is 1190. The number of nitrogens with zero attached hydrogens (tertiary/aromatic N) is 4. The molecule has 40 heavy (non-hydrogen) atoms. The number of anilines is 1. The molecule has 0 saturated carbocycles. The second kappa shape index (κ2) is 13.2. The molecule has 0 bridgehead atoms. The molecule has 1 aliphatic carbocycles. The Morgan fingerprint density at radius 2 is 2.05 bits per heavy atom. The SMILES string of the molecule is C/C=C(\C)CN1C[C@@H](CCNCC(C)(C)C)N(n2cnc(NC(=O)CNC3CCc4cc(F)cc(F)c4C3)c2)C1. The van der Waals surface area contributed by atoms with Crippen molar-refractivity contribution in [3.63, 3.8) is 0 Å². The highest BCUT2D eigenvalue weighted by Crippen LogP contribution is 2.25. The van der Waals surface area contributed by atoms with Crippen LogP contribution in [0.3, 0.4) is 0 Å². The standard InChI is InChI=1S/C30H45F2N7O/c1-6-21(2)15-37-16-25(9-10-33-18-30(3,4)5)39(20-37)38-17-28(35-19-38)36-29(40)14-34-24-8-7-22-11-23(31)12-27(32)26(22)13-24/h6,11-12,17,19,24-25,33-34H,7-10,13-16,18,20H2,1-5H3,(H,36,40)/b21-6+/t24?,25-/m1/s1. The molecule has 220 valence electrons. The summed E-state index contributed by atoms with van der Waals surface area (Å²) < 4.78 is 29.7. The molecule has 2 heterocycles. The van der Waals surface area contributed by atoms with E-state index < -0.39 is 11.6 Å². The van der Waals surface area contributed by atoms with E-state index in [9.17, 15) is 13.6 Å². The predicted molar refractivity (Wildman–Crippen MR) is 156 cm³/mol. The monoisotopic (exact) mass is 557 g/mol. The van der Waals surface area contributed by atoms with Crippen molar-refractivity contribution >= 4 is 11.7 Å². The van der Waals surface area contributed by atoms with Gasteiger partial charge in [0.15, 0.2) is 5.82 Å². The summed E-state index contributed by atoms with van der Waals surface area (Å²) in [5.41, 5.74) is 2.84. The number of carbonyl (C=O) groups excluding carboxylic acids is 1. The second-order valence-corrected chi connectivity index (χ2v) is 12.4. The number of allylic oxidation sites excluding steroid dienone is 1. The zero-order valence-electron chi connectivity index (χ0n) is 24.6. The van der Waals surface area contributed by atoms with Crippen molar-refractivity contribution in [1.82, 2.24) is 25.2 Å². The minimum Gasteiger partial charge on any atom is -0.316 e. The van der Waals surface area contributed by atoms with Gasteiger partial charge in [-0.3, -0.25) is 14.7 Å². The number of fused-ring (bicyclic) bond motifs is 1. The van der Waals surface area contributed by atoms with Gasteiger partial charge in [0.2, 0.25) is 5.91 Å². The van der Waals surface area contributed by atoms with Crippen molar-refractivity contribution in [2.75, 3.05) is 49.7 Å². The van der Waals surface area contributed by atoms with Gasteiger partial charge < -0.3 is 16.0 Å². The first kappa shape index (κ1) is 30.1. The van der Waals surface area contributed by atoms with Crippen LogP contribution in [0.2, 0.25) is 0 Å². The highest BCUT2D eigenvalue weighted by Gasteiger charge is 2.31. The molecular weight excluding hydrogens is 512 g/mol. The molecule has 2 aliphatic rings. The third kappa shape index (κ3) is 8.34. The van der Waals surface area contributed by atoms with Crippen LogP contribution in [0, 0.1) is 17.0 Å². The summed E-state index contributed by atoms with van der Waals surface area (Å²) in [5, 5.41) is 12.0. The van der Waals surface area contributed by atoms with Gasteiger partial charge in [-0.25, -0.2) is 18.4 Å². The molecule has 3 N–H and O–H groups in total.